The predicted molar refractivity (Wildman–Crippen MR) is 166 cm³/mol. The first kappa shape index (κ1) is 30.0. The molecule has 1 amide bonds. The molecular weight excluding hydrogens is 512 g/mol. The van der Waals surface area contributed by atoms with Crippen LogP contribution >= 0.6 is 0 Å². The summed E-state index contributed by atoms with van der Waals surface area (Å²) < 4.78 is 4.93. The van der Waals surface area contributed by atoms with Crippen molar-refractivity contribution in [2.24, 2.45) is 5.92 Å². The third kappa shape index (κ3) is 8.27. The lowest BCUT2D eigenvalue weighted by molar-refractivity contribution is -0.131. The minimum Gasteiger partial charge on any atom is -0.507 e. The number of aromatic nitrogens is 2. The second kappa shape index (κ2) is 14.6. The fourth-order valence-corrected chi connectivity index (χ4v) is 4.92. The van der Waals surface area contributed by atoms with Gasteiger partial charge in [-0.2, -0.15) is 0 Å². The molecule has 1 fully saturated rings. The van der Waals surface area contributed by atoms with E-state index < -0.39 is 0 Å². The van der Waals surface area contributed by atoms with Gasteiger partial charge in [0.25, 0.3) is 0 Å². The second-order valence-electron chi connectivity index (χ2n) is 10.9. The Kier molecular flexibility index (Phi) is 10.7. The number of benzene rings is 2. The van der Waals surface area contributed by atoms with E-state index in [0.29, 0.717) is 43.4 Å². The van der Waals surface area contributed by atoms with Gasteiger partial charge in [0.05, 0.1) is 17.5 Å². The molecule has 0 saturated carbocycles. The van der Waals surface area contributed by atoms with Crippen molar-refractivity contribution in [1.82, 2.24) is 14.9 Å². The normalized spacial score (nSPS) is 14.6. The average molecular weight is 555 g/mol. The molecule has 1 aliphatic heterocycles. The summed E-state index contributed by atoms with van der Waals surface area (Å²) in [5.74, 6) is 2.35. The number of anilines is 1. The molecule has 1 aliphatic carbocycles. The van der Waals surface area contributed by atoms with Crippen LogP contribution in [0.2, 0.25) is 0 Å². The lowest BCUT2D eigenvalue weighted by Gasteiger charge is -2.36. The van der Waals surface area contributed by atoms with E-state index in [4.69, 9.17) is 14.7 Å². The number of amides is 1. The van der Waals surface area contributed by atoms with Gasteiger partial charge in [0, 0.05) is 44.9 Å². The number of aromatic hydroxyl groups is 1. The molecule has 0 spiro atoms. The molecule has 1 aromatic heterocycles. The third-order valence-electron chi connectivity index (χ3n) is 7.25. The van der Waals surface area contributed by atoms with Crippen LogP contribution in [0.1, 0.15) is 45.6 Å². The highest BCUT2D eigenvalue weighted by Gasteiger charge is 2.24. The Hall–Kier alpha value is -3.97. The van der Waals surface area contributed by atoms with E-state index in [0.717, 1.165) is 47.9 Å². The highest BCUT2D eigenvalue weighted by molar-refractivity contribution is 5.76. The van der Waals surface area contributed by atoms with Crippen LogP contribution in [0.4, 0.5) is 5.82 Å². The second-order valence-corrected chi connectivity index (χ2v) is 10.9. The maximum absolute atomic E-state index is 12.6. The Balaban J connectivity index is 0.000000367. The van der Waals surface area contributed by atoms with Crippen LogP contribution in [-0.2, 0) is 16.1 Å². The predicted octanol–water partition coefficient (Wildman–Crippen LogP) is 4.68. The number of para-hydroxylation sites is 1. The van der Waals surface area contributed by atoms with Gasteiger partial charge >= 0.3 is 0 Å². The van der Waals surface area contributed by atoms with Crippen molar-refractivity contribution in [2.45, 2.75) is 46.6 Å². The molecule has 5 rings (SSSR count). The first-order valence-electron chi connectivity index (χ1n) is 14.5. The number of carbonyl (C=O) groups excluding carboxylic acids is 1. The van der Waals surface area contributed by atoms with Crippen molar-refractivity contribution in [1.29, 1.82) is 0 Å². The van der Waals surface area contributed by atoms with Crippen molar-refractivity contribution in [2.75, 3.05) is 38.2 Å². The number of phenols is 1. The zero-order valence-electron chi connectivity index (χ0n) is 24.7. The van der Waals surface area contributed by atoms with Crippen LogP contribution in [0.25, 0.3) is 23.5 Å². The van der Waals surface area contributed by atoms with Crippen LogP contribution in [0.5, 0.6) is 5.75 Å². The number of piperazine rings is 1. The molecule has 2 heterocycles. The monoisotopic (exact) mass is 554 g/mol. The van der Waals surface area contributed by atoms with Crippen molar-refractivity contribution >= 4 is 23.9 Å². The molecule has 7 nitrogen and oxygen atoms in total. The SMILES string of the molecule is CC1=CCC=c2c(N3CCN(C(=O)CCC(C)C)CC3)nc(-c3ccccc3O)nc2=C1.COCc1ccccc1. The van der Waals surface area contributed by atoms with E-state index in [1.807, 2.05) is 47.4 Å². The minimum absolute atomic E-state index is 0.170. The zero-order chi connectivity index (χ0) is 29.2. The number of nitrogens with zero attached hydrogens (tertiary/aromatic N) is 4. The summed E-state index contributed by atoms with van der Waals surface area (Å²) in [5.41, 5.74) is 3.01. The fourth-order valence-electron chi connectivity index (χ4n) is 4.92. The Morgan fingerprint density at radius 3 is 2.37 bits per heavy atom. The lowest BCUT2D eigenvalue weighted by Crippen LogP contribution is -2.51. The molecule has 1 N–H and O–H groups in total. The van der Waals surface area contributed by atoms with E-state index in [2.05, 4.69) is 43.9 Å². The molecule has 1 saturated heterocycles. The van der Waals surface area contributed by atoms with Crippen molar-refractivity contribution < 1.29 is 14.6 Å². The number of hydrogen-bond donors (Lipinski definition) is 1. The smallest absolute Gasteiger partial charge is 0.222 e. The van der Waals surface area contributed by atoms with E-state index in [9.17, 15) is 9.90 Å². The lowest BCUT2D eigenvalue weighted by atomic mass is 10.1. The van der Waals surface area contributed by atoms with E-state index in [-0.39, 0.29) is 11.7 Å². The highest BCUT2D eigenvalue weighted by Crippen LogP contribution is 2.26. The quantitative estimate of drug-likeness (QED) is 0.457. The van der Waals surface area contributed by atoms with Crippen molar-refractivity contribution in [3.8, 4) is 17.1 Å². The highest BCUT2D eigenvalue weighted by atomic mass is 16.5. The first-order chi connectivity index (χ1) is 19.9. The summed E-state index contributed by atoms with van der Waals surface area (Å²) in [6.45, 7) is 9.95. The molecule has 0 radical (unpaired) electrons. The van der Waals surface area contributed by atoms with E-state index >= 15 is 0 Å². The van der Waals surface area contributed by atoms with Gasteiger partial charge in [-0.25, -0.2) is 9.97 Å². The molecule has 0 bridgehead atoms. The van der Waals surface area contributed by atoms with Gasteiger partial charge in [0.2, 0.25) is 5.91 Å². The Morgan fingerprint density at radius 1 is 0.976 bits per heavy atom. The molecule has 41 heavy (non-hydrogen) atoms. The summed E-state index contributed by atoms with van der Waals surface area (Å²) in [6.07, 6.45) is 8.81. The standard InChI is InChI=1S/C26H32N4O2.C8H10O/c1-18(2)11-12-24(32)29-13-15-30(16-14-29)26-20-9-6-7-19(3)17-22(20)27-25(28-26)21-8-4-5-10-23(21)31;1-9-7-8-5-3-2-4-6-8/h4-5,7-10,17-18,31H,6,11-16H2,1-3H3;2-6H,7H2,1H3. The van der Waals surface area contributed by atoms with Gasteiger partial charge in [-0.15, -0.1) is 0 Å². The third-order valence-corrected chi connectivity index (χ3v) is 7.25. The van der Waals surface area contributed by atoms with Crippen LogP contribution in [0, 0.1) is 5.92 Å². The number of phenolic OH excluding ortho intramolecular Hbond substituents is 1. The van der Waals surface area contributed by atoms with Crippen molar-refractivity contribution in [3.05, 3.63) is 82.4 Å². The van der Waals surface area contributed by atoms with E-state index in [1.165, 1.54) is 5.56 Å². The van der Waals surface area contributed by atoms with Gasteiger partial charge in [-0.1, -0.05) is 74.0 Å². The summed E-state index contributed by atoms with van der Waals surface area (Å²) in [6, 6.07) is 17.3. The van der Waals surface area contributed by atoms with Gasteiger partial charge in [0.1, 0.15) is 11.6 Å². The Bertz CT molecular complexity index is 1460. The number of carbonyl (C=O) groups is 1. The number of rotatable bonds is 7. The molecule has 216 valence electrons. The first-order valence-corrected chi connectivity index (χ1v) is 14.5. The molecule has 2 aromatic carbocycles. The molecule has 0 unspecified atom stereocenters. The number of fused-ring (bicyclic) bond motifs is 1. The van der Waals surface area contributed by atoms with Crippen molar-refractivity contribution in [3.63, 3.8) is 0 Å². The summed E-state index contributed by atoms with van der Waals surface area (Å²) in [7, 11) is 1.70. The molecule has 0 atom stereocenters. The van der Waals surface area contributed by atoms with Gasteiger partial charge < -0.3 is 19.6 Å². The van der Waals surface area contributed by atoms with Crippen LogP contribution in [0.15, 0.2) is 66.2 Å². The maximum atomic E-state index is 12.6. The van der Waals surface area contributed by atoms with E-state index in [1.54, 1.807) is 19.2 Å². The molecular formula is C34H42N4O3. The summed E-state index contributed by atoms with van der Waals surface area (Å²) >= 11 is 0. The summed E-state index contributed by atoms with van der Waals surface area (Å²) in [5, 5.41) is 12.3. The van der Waals surface area contributed by atoms with Gasteiger partial charge in [-0.05, 0) is 49.5 Å². The number of hydrogen-bond acceptors (Lipinski definition) is 6. The average Bonchev–Trinajstić information content (AvgIpc) is 3.17. The maximum Gasteiger partial charge on any atom is 0.222 e. The van der Waals surface area contributed by atoms with Crippen LogP contribution in [-0.4, -0.2) is 59.2 Å². The molecule has 2 aliphatic rings. The Labute approximate surface area is 243 Å². The molecule has 7 heteroatoms. The largest absolute Gasteiger partial charge is 0.507 e. The number of ether oxygens (including phenoxy) is 1. The zero-order valence-corrected chi connectivity index (χ0v) is 24.7. The minimum atomic E-state index is 0.170. The number of methoxy groups -OCH3 is 1. The van der Waals surface area contributed by atoms with Crippen LogP contribution < -0.4 is 15.5 Å². The topological polar surface area (TPSA) is 78.8 Å². The van der Waals surface area contributed by atoms with Crippen LogP contribution in [0.3, 0.4) is 0 Å². The fraction of sp³-hybridized carbons (Fsp3) is 0.382. The van der Waals surface area contributed by atoms with Gasteiger partial charge in [-0.3, -0.25) is 4.79 Å². The molecule has 3 aromatic rings. The number of allylic oxidation sites excluding steroid dienone is 2. The summed E-state index contributed by atoms with van der Waals surface area (Å²) in [4.78, 5) is 26.5. The van der Waals surface area contributed by atoms with Gasteiger partial charge in [0.15, 0.2) is 5.82 Å². The Morgan fingerprint density at radius 2 is 1.68 bits per heavy atom.